The highest BCUT2D eigenvalue weighted by molar-refractivity contribution is 5.57. The van der Waals surface area contributed by atoms with Crippen LogP contribution in [0.15, 0.2) is 18.2 Å². The van der Waals surface area contributed by atoms with Crippen LogP contribution >= 0.6 is 0 Å². The summed E-state index contributed by atoms with van der Waals surface area (Å²) >= 11 is 0. The summed E-state index contributed by atoms with van der Waals surface area (Å²) in [6.45, 7) is 4.56. The number of benzene rings is 1. The Kier molecular flexibility index (Phi) is 5.22. The molecule has 0 spiro atoms. The fourth-order valence-electron chi connectivity index (χ4n) is 1.41. The molecular weight excluding hydrogens is 222 g/mol. The molecule has 1 aromatic carbocycles. The number of hydrogen-bond donors (Lipinski definition) is 2. The highest BCUT2D eigenvalue weighted by Crippen LogP contribution is 2.29. The molecule has 0 radical (unpaired) electrons. The van der Waals surface area contributed by atoms with Crippen molar-refractivity contribution in [3.05, 3.63) is 28.3 Å². The zero-order chi connectivity index (χ0) is 12.7. The largest absolute Gasteiger partial charge is 0.490 e. The van der Waals surface area contributed by atoms with E-state index in [1.165, 1.54) is 13.2 Å². The first-order chi connectivity index (χ1) is 8.19. The van der Waals surface area contributed by atoms with E-state index in [2.05, 4.69) is 10.6 Å². The Hall–Kier alpha value is -1.82. The van der Waals surface area contributed by atoms with Crippen molar-refractivity contribution in [1.29, 1.82) is 0 Å². The number of likely N-dealkylation sites (N-methyl/N-ethyl adjacent to an activating group) is 1. The van der Waals surface area contributed by atoms with Gasteiger partial charge in [0.15, 0.2) is 5.75 Å². The molecule has 0 aliphatic rings. The third-order valence-corrected chi connectivity index (χ3v) is 2.26. The van der Waals surface area contributed by atoms with Gasteiger partial charge in [0.25, 0.3) is 0 Å². The molecule has 0 amide bonds. The predicted molar refractivity (Wildman–Crippen MR) is 66.7 cm³/mol. The van der Waals surface area contributed by atoms with Crippen molar-refractivity contribution in [2.75, 3.05) is 32.1 Å². The van der Waals surface area contributed by atoms with Crippen LogP contribution in [0, 0.1) is 10.1 Å². The van der Waals surface area contributed by atoms with E-state index < -0.39 is 4.92 Å². The topological polar surface area (TPSA) is 76.4 Å². The van der Waals surface area contributed by atoms with Crippen molar-refractivity contribution < 1.29 is 9.66 Å². The monoisotopic (exact) mass is 239 g/mol. The van der Waals surface area contributed by atoms with E-state index in [-0.39, 0.29) is 11.4 Å². The molecule has 1 rings (SSSR count). The summed E-state index contributed by atoms with van der Waals surface area (Å²) in [5, 5.41) is 17.0. The van der Waals surface area contributed by atoms with Gasteiger partial charge in [-0.3, -0.25) is 10.1 Å². The number of rotatable bonds is 7. The quantitative estimate of drug-likeness (QED) is 0.429. The van der Waals surface area contributed by atoms with Crippen LogP contribution in [-0.2, 0) is 0 Å². The summed E-state index contributed by atoms with van der Waals surface area (Å²) in [4.78, 5) is 10.2. The smallest absolute Gasteiger partial charge is 0.311 e. The molecule has 1 aromatic rings. The second-order valence-electron chi connectivity index (χ2n) is 3.42. The molecule has 0 aromatic heterocycles. The fraction of sp³-hybridized carbons (Fsp3) is 0.455. The van der Waals surface area contributed by atoms with Crippen LogP contribution in [-0.4, -0.2) is 31.7 Å². The molecule has 17 heavy (non-hydrogen) atoms. The lowest BCUT2D eigenvalue weighted by atomic mass is 10.2. The minimum atomic E-state index is -0.457. The maximum atomic E-state index is 10.7. The second-order valence-corrected chi connectivity index (χ2v) is 3.42. The highest BCUT2D eigenvalue weighted by Gasteiger charge is 2.14. The minimum Gasteiger partial charge on any atom is -0.490 e. The van der Waals surface area contributed by atoms with Crippen LogP contribution in [0.4, 0.5) is 11.4 Å². The van der Waals surface area contributed by atoms with Gasteiger partial charge in [0.05, 0.1) is 12.0 Å². The second kappa shape index (κ2) is 6.70. The minimum absolute atomic E-state index is 0.0234. The van der Waals surface area contributed by atoms with Crippen LogP contribution in [0.1, 0.15) is 6.92 Å². The Morgan fingerprint density at radius 2 is 2.18 bits per heavy atom. The number of nitro benzene ring substituents is 1. The van der Waals surface area contributed by atoms with Crippen molar-refractivity contribution in [3.8, 4) is 5.75 Å². The molecule has 0 aliphatic heterocycles. The molecule has 6 heteroatoms. The first kappa shape index (κ1) is 13.2. The highest BCUT2D eigenvalue weighted by atomic mass is 16.6. The maximum Gasteiger partial charge on any atom is 0.311 e. The number of ether oxygens (including phenoxy) is 1. The van der Waals surface area contributed by atoms with Crippen LogP contribution in [0.25, 0.3) is 0 Å². The van der Waals surface area contributed by atoms with Crippen LogP contribution in [0.3, 0.4) is 0 Å². The summed E-state index contributed by atoms with van der Waals surface area (Å²) in [5.74, 6) is 0.267. The summed E-state index contributed by atoms with van der Waals surface area (Å²) in [7, 11) is 1.42. The lowest BCUT2D eigenvalue weighted by molar-refractivity contribution is -0.385. The van der Waals surface area contributed by atoms with E-state index in [1.54, 1.807) is 12.1 Å². The molecule has 0 heterocycles. The van der Waals surface area contributed by atoms with Gasteiger partial charge in [0.2, 0.25) is 0 Å². The maximum absolute atomic E-state index is 10.7. The van der Waals surface area contributed by atoms with Gasteiger partial charge in [-0.25, -0.2) is 0 Å². The Balaban J connectivity index is 2.66. The molecule has 0 saturated heterocycles. The normalized spacial score (nSPS) is 10.0. The zero-order valence-corrected chi connectivity index (χ0v) is 10.0. The number of hydrogen-bond acceptors (Lipinski definition) is 5. The van der Waals surface area contributed by atoms with E-state index in [9.17, 15) is 10.1 Å². The van der Waals surface area contributed by atoms with Crippen molar-refractivity contribution in [1.82, 2.24) is 5.32 Å². The number of nitrogens with one attached hydrogen (secondary N) is 2. The molecule has 0 atom stereocenters. The van der Waals surface area contributed by atoms with E-state index in [0.717, 1.165) is 25.3 Å². The van der Waals surface area contributed by atoms with Gasteiger partial charge in [-0.05, 0) is 12.6 Å². The molecule has 0 fully saturated rings. The first-order valence-corrected chi connectivity index (χ1v) is 5.46. The van der Waals surface area contributed by atoms with Gasteiger partial charge in [0.1, 0.15) is 0 Å². The van der Waals surface area contributed by atoms with Crippen LogP contribution in [0.2, 0.25) is 0 Å². The summed E-state index contributed by atoms with van der Waals surface area (Å²) in [6, 6.07) is 4.74. The van der Waals surface area contributed by atoms with Gasteiger partial charge in [-0.1, -0.05) is 6.92 Å². The van der Waals surface area contributed by atoms with Gasteiger partial charge in [-0.15, -0.1) is 0 Å². The number of nitrogens with zero attached hydrogens (tertiary/aromatic N) is 1. The molecule has 0 saturated carbocycles. The Labute approximate surface area is 100 Å². The fourth-order valence-corrected chi connectivity index (χ4v) is 1.41. The average molecular weight is 239 g/mol. The van der Waals surface area contributed by atoms with Gasteiger partial charge < -0.3 is 15.4 Å². The van der Waals surface area contributed by atoms with Crippen molar-refractivity contribution >= 4 is 11.4 Å². The van der Waals surface area contributed by atoms with Crippen molar-refractivity contribution in [3.63, 3.8) is 0 Å². The third-order valence-electron chi connectivity index (χ3n) is 2.26. The number of methoxy groups -OCH3 is 1. The van der Waals surface area contributed by atoms with Crippen molar-refractivity contribution in [2.24, 2.45) is 0 Å². The van der Waals surface area contributed by atoms with Gasteiger partial charge >= 0.3 is 5.69 Å². The molecule has 2 N–H and O–H groups in total. The molecule has 0 aliphatic carbocycles. The van der Waals surface area contributed by atoms with Crippen LogP contribution < -0.4 is 15.4 Å². The predicted octanol–water partition coefficient (Wildman–Crippen LogP) is 1.62. The number of anilines is 1. The molecule has 0 bridgehead atoms. The van der Waals surface area contributed by atoms with E-state index >= 15 is 0 Å². The SMILES string of the molecule is CCNCCNc1ccc([N+](=O)[O-])c(OC)c1. The lowest BCUT2D eigenvalue weighted by Crippen LogP contribution is -2.21. The molecular formula is C11H17N3O3. The first-order valence-electron chi connectivity index (χ1n) is 5.46. The third kappa shape index (κ3) is 3.92. The average Bonchev–Trinajstić information content (AvgIpc) is 2.34. The standard InChI is InChI=1S/C11H17N3O3/c1-3-12-6-7-13-9-4-5-10(14(15)16)11(8-9)17-2/h4-5,8,12-13H,3,6-7H2,1-2H3. The summed E-state index contributed by atoms with van der Waals surface area (Å²) in [6.07, 6.45) is 0. The number of nitro groups is 1. The molecule has 94 valence electrons. The molecule has 0 unspecified atom stereocenters. The summed E-state index contributed by atoms with van der Waals surface area (Å²) < 4.78 is 4.98. The summed E-state index contributed by atoms with van der Waals surface area (Å²) in [5.41, 5.74) is 0.787. The Bertz CT molecular complexity index is 382. The van der Waals surface area contributed by atoms with Crippen LogP contribution in [0.5, 0.6) is 5.75 Å². The Morgan fingerprint density at radius 3 is 2.76 bits per heavy atom. The van der Waals surface area contributed by atoms with Crippen molar-refractivity contribution in [2.45, 2.75) is 6.92 Å². The van der Waals surface area contributed by atoms with E-state index in [4.69, 9.17) is 4.74 Å². The zero-order valence-electron chi connectivity index (χ0n) is 10.0. The van der Waals surface area contributed by atoms with Gasteiger partial charge in [-0.2, -0.15) is 0 Å². The van der Waals surface area contributed by atoms with Gasteiger partial charge in [0, 0.05) is 30.9 Å². The van der Waals surface area contributed by atoms with E-state index in [1.807, 2.05) is 6.92 Å². The van der Waals surface area contributed by atoms with E-state index in [0.29, 0.717) is 0 Å². The molecule has 6 nitrogen and oxygen atoms in total. The lowest BCUT2D eigenvalue weighted by Gasteiger charge is -2.08. The Morgan fingerprint density at radius 1 is 1.41 bits per heavy atom.